The monoisotopic (exact) mass is 140 g/mol. The van der Waals surface area contributed by atoms with Crippen LogP contribution in [0.2, 0.25) is 0 Å². The van der Waals surface area contributed by atoms with Gasteiger partial charge in [-0.3, -0.25) is 0 Å². The van der Waals surface area contributed by atoms with Gasteiger partial charge in [0.05, 0.1) is 0 Å². The molecule has 0 aromatic carbocycles. The highest BCUT2D eigenvalue weighted by Crippen LogP contribution is 2.26. The zero-order chi connectivity index (χ0) is 5.70. The van der Waals surface area contributed by atoms with Gasteiger partial charge in [0.2, 0.25) is 0 Å². The van der Waals surface area contributed by atoms with E-state index in [1.165, 1.54) is 21.6 Å². The molecule has 0 bridgehead atoms. The van der Waals surface area contributed by atoms with Crippen molar-refractivity contribution in [1.29, 1.82) is 0 Å². The highest BCUT2D eigenvalue weighted by Gasteiger charge is 1.98. The molecule has 0 heterocycles. The van der Waals surface area contributed by atoms with Gasteiger partial charge >= 0.3 is 0 Å². The minimum atomic E-state index is -0.671. The van der Waals surface area contributed by atoms with E-state index in [9.17, 15) is 4.39 Å². The van der Waals surface area contributed by atoms with E-state index in [2.05, 4.69) is 0 Å². The summed E-state index contributed by atoms with van der Waals surface area (Å²) in [5.74, 6) is 0. The lowest BCUT2D eigenvalue weighted by Crippen LogP contribution is -1.84. The Morgan fingerprint density at radius 3 is 2.43 bits per heavy atom. The summed E-state index contributed by atoms with van der Waals surface area (Å²) in [6, 6.07) is 0. The number of hydrogen-bond acceptors (Lipinski definition) is 2. The Balaban J connectivity index is 2.83. The summed E-state index contributed by atoms with van der Waals surface area (Å²) in [6.07, 6.45) is 2.50. The van der Waals surface area contributed by atoms with Gasteiger partial charge < -0.3 is 0 Å². The second-order valence-corrected chi connectivity index (χ2v) is 3.70. The van der Waals surface area contributed by atoms with Crippen LogP contribution in [-0.4, -0.2) is 11.8 Å². The Labute approximate surface area is 51.6 Å². The minimum absolute atomic E-state index is 0.617. The molecule has 1 atom stereocenters. The van der Waals surface area contributed by atoms with Crippen molar-refractivity contribution in [3.8, 4) is 0 Å². The maximum Gasteiger partial charge on any atom is 0.155 e. The third-order valence-electron chi connectivity index (χ3n) is 0.522. The molecule has 0 fully saturated rings. The van der Waals surface area contributed by atoms with Crippen LogP contribution in [0.25, 0.3) is 0 Å². The summed E-state index contributed by atoms with van der Waals surface area (Å²) >= 11 is 0. The van der Waals surface area contributed by atoms with E-state index in [0.29, 0.717) is 6.42 Å². The molecule has 0 nitrogen and oxygen atoms in total. The Kier molecular flexibility index (Phi) is 5.21. The first-order chi connectivity index (χ1) is 3.31. The smallest absolute Gasteiger partial charge is 0.155 e. The Bertz CT molecular complexity index is 40.7. The van der Waals surface area contributed by atoms with Gasteiger partial charge in [0.15, 0.2) is 5.50 Å². The molecule has 0 aromatic rings. The first kappa shape index (κ1) is 7.63. The predicted molar refractivity (Wildman–Crippen MR) is 36.3 cm³/mol. The van der Waals surface area contributed by atoms with E-state index in [1.54, 1.807) is 0 Å². The zero-order valence-electron chi connectivity index (χ0n) is 4.48. The summed E-state index contributed by atoms with van der Waals surface area (Å²) in [4.78, 5) is 0. The van der Waals surface area contributed by atoms with Crippen molar-refractivity contribution >= 4 is 21.6 Å². The summed E-state index contributed by atoms with van der Waals surface area (Å²) in [6.45, 7) is 1.84. The lowest BCUT2D eigenvalue weighted by atomic mass is 10.6. The highest BCUT2D eigenvalue weighted by molar-refractivity contribution is 8.76. The van der Waals surface area contributed by atoms with Crippen LogP contribution in [0.1, 0.15) is 13.3 Å². The van der Waals surface area contributed by atoms with Crippen LogP contribution < -0.4 is 0 Å². The molecule has 0 radical (unpaired) electrons. The molecule has 3 heteroatoms. The van der Waals surface area contributed by atoms with Crippen molar-refractivity contribution < 1.29 is 4.39 Å². The molecule has 0 unspecified atom stereocenters. The van der Waals surface area contributed by atoms with Crippen LogP contribution in [0.15, 0.2) is 0 Å². The van der Waals surface area contributed by atoms with Crippen molar-refractivity contribution in [1.82, 2.24) is 0 Å². The number of rotatable bonds is 3. The fourth-order valence-corrected chi connectivity index (χ4v) is 1.55. The standard InChI is InChI=1S/C4H9FS2/c1-3-4(5)7-6-2/h4H,3H2,1-2H3/t4-/m1/s1. The Morgan fingerprint density at radius 2 is 2.29 bits per heavy atom. The van der Waals surface area contributed by atoms with E-state index >= 15 is 0 Å². The molecule has 0 amide bonds. The maximum absolute atomic E-state index is 12.1. The third-order valence-corrected chi connectivity index (χ3v) is 2.46. The van der Waals surface area contributed by atoms with E-state index in [1.807, 2.05) is 13.2 Å². The van der Waals surface area contributed by atoms with Gasteiger partial charge in [0.25, 0.3) is 0 Å². The molecule has 0 N–H and O–H groups in total. The van der Waals surface area contributed by atoms with E-state index < -0.39 is 5.50 Å². The average molecular weight is 140 g/mol. The van der Waals surface area contributed by atoms with Crippen molar-refractivity contribution in [3.63, 3.8) is 0 Å². The molecule has 0 saturated carbocycles. The molecule has 0 aliphatic heterocycles. The van der Waals surface area contributed by atoms with E-state index in [-0.39, 0.29) is 0 Å². The van der Waals surface area contributed by atoms with Crippen LogP contribution >= 0.6 is 21.6 Å². The fourth-order valence-electron chi connectivity index (χ4n) is 0.172. The lowest BCUT2D eigenvalue weighted by Gasteiger charge is -1.97. The normalized spacial score (nSPS) is 14.1. The summed E-state index contributed by atoms with van der Waals surface area (Å²) in [7, 11) is 2.76. The van der Waals surface area contributed by atoms with Crippen LogP contribution in [0, 0.1) is 0 Å². The van der Waals surface area contributed by atoms with E-state index in [0.717, 1.165) is 0 Å². The quantitative estimate of drug-likeness (QED) is 0.553. The van der Waals surface area contributed by atoms with Gasteiger partial charge in [0.1, 0.15) is 0 Å². The van der Waals surface area contributed by atoms with Crippen LogP contribution in [0.5, 0.6) is 0 Å². The minimum Gasteiger partial charge on any atom is -0.235 e. The van der Waals surface area contributed by atoms with Gasteiger partial charge in [-0.05, 0) is 12.7 Å². The summed E-state index contributed by atoms with van der Waals surface area (Å²) in [5.41, 5.74) is -0.671. The van der Waals surface area contributed by atoms with Crippen molar-refractivity contribution in [2.75, 3.05) is 6.26 Å². The SMILES string of the molecule is CC[C@H](F)SSC. The zero-order valence-corrected chi connectivity index (χ0v) is 6.11. The molecule has 0 rings (SSSR count). The summed E-state index contributed by atoms with van der Waals surface area (Å²) < 4.78 is 12.1. The molecule has 0 spiro atoms. The van der Waals surface area contributed by atoms with Crippen LogP contribution in [-0.2, 0) is 0 Å². The Hall–Kier alpha value is 0.630. The molecule has 7 heavy (non-hydrogen) atoms. The van der Waals surface area contributed by atoms with Crippen molar-refractivity contribution in [2.24, 2.45) is 0 Å². The second kappa shape index (κ2) is 4.78. The van der Waals surface area contributed by atoms with Gasteiger partial charge in [-0.15, -0.1) is 0 Å². The molecule has 0 aromatic heterocycles. The van der Waals surface area contributed by atoms with Crippen LogP contribution in [0.4, 0.5) is 4.39 Å². The summed E-state index contributed by atoms with van der Waals surface area (Å²) in [5, 5.41) is 0. The number of hydrogen-bond donors (Lipinski definition) is 0. The fraction of sp³-hybridized carbons (Fsp3) is 1.00. The van der Waals surface area contributed by atoms with Crippen LogP contribution in [0.3, 0.4) is 0 Å². The van der Waals surface area contributed by atoms with Gasteiger partial charge in [0, 0.05) is 0 Å². The molecule has 0 saturated heterocycles. The molecular formula is C4H9FS2. The molecule has 0 aliphatic rings. The first-order valence-corrected chi connectivity index (χ1v) is 4.77. The third kappa shape index (κ3) is 4.48. The molecule has 44 valence electrons. The van der Waals surface area contributed by atoms with Crippen molar-refractivity contribution in [2.45, 2.75) is 18.8 Å². The molecular weight excluding hydrogens is 131 g/mol. The number of halogens is 1. The maximum atomic E-state index is 12.1. The highest BCUT2D eigenvalue weighted by atomic mass is 33.1. The number of alkyl halides is 1. The topological polar surface area (TPSA) is 0 Å². The average Bonchev–Trinajstić information content (AvgIpc) is 1.68. The van der Waals surface area contributed by atoms with Gasteiger partial charge in [-0.2, -0.15) is 0 Å². The predicted octanol–water partition coefficient (Wildman–Crippen LogP) is 2.70. The first-order valence-electron chi connectivity index (χ1n) is 2.14. The van der Waals surface area contributed by atoms with E-state index in [4.69, 9.17) is 0 Å². The van der Waals surface area contributed by atoms with Crippen molar-refractivity contribution in [3.05, 3.63) is 0 Å². The molecule has 0 aliphatic carbocycles. The lowest BCUT2D eigenvalue weighted by molar-refractivity contribution is 0.445. The second-order valence-electron chi connectivity index (χ2n) is 1.08. The van der Waals surface area contributed by atoms with Gasteiger partial charge in [-0.1, -0.05) is 28.5 Å². The largest absolute Gasteiger partial charge is 0.235 e. The van der Waals surface area contributed by atoms with Gasteiger partial charge in [-0.25, -0.2) is 4.39 Å². The Morgan fingerprint density at radius 1 is 1.71 bits per heavy atom.